The van der Waals surface area contributed by atoms with E-state index < -0.39 is 15.9 Å². The minimum atomic E-state index is -3.16. The molecular formula is C21H22N4O4S3. The molecule has 0 bridgehead atoms. The van der Waals surface area contributed by atoms with Gasteiger partial charge in [-0.1, -0.05) is 30.0 Å². The number of amides is 1. The maximum absolute atomic E-state index is 13.5. The Morgan fingerprint density at radius 3 is 2.66 bits per heavy atom. The number of nitrogens with zero attached hydrogens (tertiary/aromatic N) is 4. The third-order valence-corrected chi connectivity index (χ3v) is 9.14. The first kappa shape index (κ1) is 21.6. The van der Waals surface area contributed by atoms with Crippen LogP contribution < -0.4 is 10.5 Å². The van der Waals surface area contributed by atoms with Crippen molar-refractivity contribution in [2.24, 2.45) is 0 Å². The molecule has 1 unspecified atom stereocenters. The number of anilines is 1. The number of fused-ring (bicyclic) bond motifs is 1. The van der Waals surface area contributed by atoms with Crippen LogP contribution >= 0.6 is 24.0 Å². The zero-order valence-corrected chi connectivity index (χ0v) is 19.9. The van der Waals surface area contributed by atoms with Crippen LogP contribution in [-0.2, 0) is 14.6 Å². The smallest absolute Gasteiger partial charge is 0.267 e. The first-order valence-electron chi connectivity index (χ1n) is 10.5. The highest BCUT2D eigenvalue weighted by Gasteiger charge is 2.42. The molecule has 8 nitrogen and oxygen atoms in total. The van der Waals surface area contributed by atoms with Crippen molar-refractivity contribution in [2.45, 2.75) is 32.2 Å². The maximum atomic E-state index is 13.5. The summed E-state index contributed by atoms with van der Waals surface area (Å²) in [6, 6.07) is 3.28. The fourth-order valence-electron chi connectivity index (χ4n) is 4.45. The van der Waals surface area contributed by atoms with Crippen LogP contribution in [0.2, 0.25) is 0 Å². The van der Waals surface area contributed by atoms with E-state index in [2.05, 4.69) is 4.90 Å². The highest BCUT2D eigenvalue weighted by Crippen LogP contribution is 2.37. The summed E-state index contributed by atoms with van der Waals surface area (Å²) in [5, 5.41) is 0. The molecule has 2 aromatic rings. The minimum Gasteiger partial charge on any atom is -0.356 e. The fraction of sp³-hybridized carbons (Fsp3) is 0.429. The van der Waals surface area contributed by atoms with E-state index in [0.29, 0.717) is 32.7 Å². The first-order valence-corrected chi connectivity index (χ1v) is 13.5. The number of sulfone groups is 1. The molecule has 0 aromatic carbocycles. The number of thiocarbonyl (C=S) groups is 1. The number of aryl methyl sites for hydroxylation is 1. The Morgan fingerprint density at radius 2 is 1.97 bits per heavy atom. The van der Waals surface area contributed by atoms with Gasteiger partial charge in [0, 0.05) is 19.3 Å². The van der Waals surface area contributed by atoms with E-state index in [4.69, 9.17) is 17.2 Å². The van der Waals surface area contributed by atoms with Gasteiger partial charge in [0.05, 0.1) is 28.0 Å². The van der Waals surface area contributed by atoms with E-state index in [9.17, 15) is 18.0 Å². The molecule has 1 atom stereocenters. The standard InChI is InChI=1S/C21H22N4O4S3/c1-13-4-5-17-22-18(23-7-2-3-8-23)15(19(26)24(17)11-13)10-16-20(27)25(21(30)31-16)14-6-9-32(28,29)12-14/h4-5,10-11,14H,2-3,6-9,12H2,1H3/b16-10+. The van der Waals surface area contributed by atoms with Gasteiger partial charge in [0.1, 0.15) is 15.8 Å². The predicted octanol–water partition coefficient (Wildman–Crippen LogP) is 1.99. The van der Waals surface area contributed by atoms with Crippen molar-refractivity contribution < 1.29 is 13.2 Å². The molecule has 0 radical (unpaired) electrons. The molecule has 3 fully saturated rings. The largest absolute Gasteiger partial charge is 0.356 e. The molecule has 32 heavy (non-hydrogen) atoms. The van der Waals surface area contributed by atoms with Gasteiger partial charge in [-0.2, -0.15) is 0 Å². The second-order valence-corrected chi connectivity index (χ2v) is 12.3. The molecule has 2 aromatic heterocycles. The number of aromatic nitrogens is 2. The van der Waals surface area contributed by atoms with E-state index in [0.717, 1.165) is 43.3 Å². The van der Waals surface area contributed by atoms with E-state index in [1.807, 2.05) is 19.1 Å². The van der Waals surface area contributed by atoms with Crippen molar-refractivity contribution in [1.29, 1.82) is 0 Å². The molecule has 0 spiro atoms. The van der Waals surface area contributed by atoms with Gasteiger partial charge >= 0.3 is 0 Å². The van der Waals surface area contributed by atoms with Crippen molar-refractivity contribution in [3.05, 3.63) is 44.7 Å². The molecule has 5 heterocycles. The van der Waals surface area contributed by atoms with Gasteiger partial charge in [-0.15, -0.1) is 0 Å². The topological polar surface area (TPSA) is 92.1 Å². The van der Waals surface area contributed by atoms with Crippen molar-refractivity contribution in [3.63, 3.8) is 0 Å². The third kappa shape index (κ3) is 3.75. The lowest BCUT2D eigenvalue weighted by atomic mass is 10.2. The van der Waals surface area contributed by atoms with Gasteiger partial charge in [0.2, 0.25) is 0 Å². The van der Waals surface area contributed by atoms with Crippen molar-refractivity contribution in [1.82, 2.24) is 14.3 Å². The van der Waals surface area contributed by atoms with Crippen LogP contribution in [0.25, 0.3) is 11.7 Å². The summed E-state index contributed by atoms with van der Waals surface area (Å²) in [5.74, 6) is 0.209. The summed E-state index contributed by atoms with van der Waals surface area (Å²) in [6.07, 6.45) is 5.74. The van der Waals surface area contributed by atoms with E-state index >= 15 is 0 Å². The van der Waals surface area contributed by atoms with Gasteiger partial charge in [-0.3, -0.25) is 18.9 Å². The van der Waals surface area contributed by atoms with Crippen LogP contribution in [0, 0.1) is 6.92 Å². The average molecular weight is 491 g/mol. The van der Waals surface area contributed by atoms with Crippen molar-refractivity contribution in [2.75, 3.05) is 29.5 Å². The molecule has 1 amide bonds. The highest BCUT2D eigenvalue weighted by molar-refractivity contribution is 8.26. The Balaban J connectivity index is 1.60. The van der Waals surface area contributed by atoms with Gasteiger partial charge in [0.15, 0.2) is 9.84 Å². The van der Waals surface area contributed by atoms with Crippen LogP contribution in [0.4, 0.5) is 5.82 Å². The summed E-state index contributed by atoms with van der Waals surface area (Å²) in [6.45, 7) is 3.51. The number of hydrogen-bond donors (Lipinski definition) is 0. The van der Waals surface area contributed by atoms with Gasteiger partial charge in [-0.25, -0.2) is 13.4 Å². The lowest BCUT2D eigenvalue weighted by molar-refractivity contribution is -0.123. The highest BCUT2D eigenvalue weighted by atomic mass is 32.2. The fourth-order valence-corrected chi connectivity index (χ4v) is 7.53. The summed E-state index contributed by atoms with van der Waals surface area (Å²) >= 11 is 6.52. The maximum Gasteiger partial charge on any atom is 0.267 e. The molecule has 11 heteroatoms. The molecule has 0 saturated carbocycles. The average Bonchev–Trinajstić information content (AvgIpc) is 3.45. The Bertz CT molecular complexity index is 1340. The van der Waals surface area contributed by atoms with E-state index in [1.54, 1.807) is 12.3 Å². The summed E-state index contributed by atoms with van der Waals surface area (Å²) in [4.78, 5) is 35.2. The van der Waals surface area contributed by atoms with E-state index in [1.165, 1.54) is 9.30 Å². The van der Waals surface area contributed by atoms with Crippen LogP contribution in [0.15, 0.2) is 28.0 Å². The van der Waals surface area contributed by atoms with Crippen molar-refractivity contribution >= 4 is 61.6 Å². The quantitative estimate of drug-likeness (QED) is 0.477. The summed E-state index contributed by atoms with van der Waals surface area (Å²) in [5.41, 5.74) is 1.60. The second-order valence-electron chi connectivity index (χ2n) is 8.39. The Morgan fingerprint density at radius 1 is 1.22 bits per heavy atom. The zero-order valence-electron chi connectivity index (χ0n) is 17.5. The Hall–Kier alpha value is -2.24. The van der Waals surface area contributed by atoms with Crippen LogP contribution in [0.3, 0.4) is 0 Å². The number of thioether (sulfide) groups is 1. The first-order chi connectivity index (χ1) is 15.2. The Labute approximate surface area is 195 Å². The lowest BCUT2D eigenvalue weighted by Crippen LogP contribution is -2.39. The molecule has 5 rings (SSSR count). The lowest BCUT2D eigenvalue weighted by Gasteiger charge is -2.21. The molecule has 0 N–H and O–H groups in total. The zero-order chi connectivity index (χ0) is 22.6. The molecule has 0 aliphatic carbocycles. The van der Waals surface area contributed by atoms with Gasteiger partial charge < -0.3 is 4.90 Å². The molecular weight excluding hydrogens is 468 g/mol. The van der Waals surface area contributed by atoms with E-state index in [-0.39, 0.29) is 23.0 Å². The third-order valence-electron chi connectivity index (χ3n) is 6.06. The molecule has 3 aliphatic rings. The number of rotatable bonds is 3. The normalized spacial score (nSPS) is 24.4. The molecule has 3 aliphatic heterocycles. The van der Waals surface area contributed by atoms with Gasteiger partial charge in [0.25, 0.3) is 11.5 Å². The molecule has 3 saturated heterocycles. The van der Waals surface area contributed by atoms with Crippen LogP contribution in [0.1, 0.15) is 30.4 Å². The van der Waals surface area contributed by atoms with Gasteiger partial charge in [-0.05, 0) is 43.9 Å². The number of pyridine rings is 1. The monoisotopic (exact) mass is 490 g/mol. The number of carbonyl (C=O) groups excluding carboxylic acids is 1. The van der Waals surface area contributed by atoms with Crippen LogP contribution in [0.5, 0.6) is 0 Å². The van der Waals surface area contributed by atoms with Crippen molar-refractivity contribution in [3.8, 4) is 0 Å². The SMILES string of the molecule is Cc1ccc2nc(N3CCCC3)c(/C=C3/SC(=S)N(C4CCS(=O)(=O)C4)C3=O)c(=O)n2c1. The molecule has 168 valence electrons. The predicted molar refractivity (Wildman–Crippen MR) is 130 cm³/mol. The summed E-state index contributed by atoms with van der Waals surface area (Å²) < 4.78 is 25.7. The Kier molecular flexibility index (Phi) is 5.37. The summed E-state index contributed by atoms with van der Waals surface area (Å²) in [7, 11) is -3.16. The van der Waals surface area contributed by atoms with Crippen LogP contribution in [-0.4, -0.2) is 63.6 Å². The minimum absolute atomic E-state index is 0.0577. The number of carbonyl (C=O) groups is 1. The number of hydrogen-bond acceptors (Lipinski definition) is 8. The second kappa shape index (κ2) is 7.96.